The summed E-state index contributed by atoms with van der Waals surface area (Å²) >= 11 is 0. The van der Waals surface area contributed by atoms with E-state index < -0.39 is 31.9 Å². The number of nitrogens with zero attached hydrogens (tertiary/aromatic N) is 3. The Kier molecular flexibility index (Phi) is 8.30. The maximum Gasteiger partial charge on any atom is 0.148 e. The predicted molar refractivity (Wildman–Crippen MR) is 245 cm³/mol. The van der Waals surface area contributed by atoms with Crippen molar-refractivity contribution in [3.05, 3.63) is 193 Å². The summed E-state index contributed by atoms with van der Waals surface area (Å²) in [7, 11) is 0. The van der Waals surface area contributed by atoms with E-state index in [2.05, 4.69) is 12.1 Å². The summed E-state index contributed by atoms with van der Waals surface area (Å²) in [5.74, 6) is -0.407. The molecule has 0 unspecified atom stereocenters. The Morgan fingerprint density at radius 2 is 1.28 bits per heavy atom. The summed E-state index contributed by atoms with van der Waals surface area (Å²) in [6, 6.07) is 55.9. The number of imidazole rings is 1. The zero-order valence-corrected chi connectivity index (χ0v) is 35.1. The molecule has 298 valence electrons. The van der Waals surface area contributed by atoms with Crippen molar-refractivity contribution in [2.75, 3.05) is 0 Å². The fraction of sp³-hybridized carbons (Fsp3) is 0.127. The number of phenolic OH excluding ortho intramolecular Hbond substituents is 1. The van der Waals surface area contributed by atoms with Gasteiger partial charge in [0.15, 0.2) is 0 Å². The summed E-state index contributed by atoms with van der Waals surface area (Å²) in [4.78, 5) is 10.1. The molecular formula is C55H46N3OPt-. The fourth-order valence-electron chi connectivity index (χ4n) is 7.70. The quantitative estimate of drug-likeness (QED) is 0.154. The van der Waals surface area contributed by atoms with E-state index in [0.717, 1.165) is 44.6 Å². The van der Waals surface area contributed by atoms with Gasteiger partial charge in [0.2, 0.25) is 0 Å². The van der Waals surface area contributed by atoms with Crippen LogP contribution in [-0.2, 0) is 26.5 Å². The second kappa shape index (κ2) is 16.7. The maximum absolute atomic E-state index is 11.3. The van der Waals surface area contributed by atoms with E-state index >= 15 is 0 Å². The largest absolute Gasteiger partial charge is 0.507 e. The Morgan fingerprint density at radius 3 is 2.00 bits per heavy atom. The minimum Gasteiger partial charge on any atom is -0.507 e. The van der Waals surface area contributed by atoms with Crippen LogP contribution in [0.3, 0.4) is 0 Å². The minimum absolute atomic E-state index is 0. The standard InChI is InChI=1S/C55H46N3O.Pt/c1-36(2)49-35-45(27-28-46(49)39-17-10-7-11-18-39)58-51-21-14-20-47(53(51)57-54(58)48-19-12-13-22-52(48)59)42-31-41(37-15-8-6-9-16-37)32-43(33-42)50-34-40(29-30-56-50)38-23-25-44(26-24-38)55(3,4)5;/h6-32,34-36,59H,1-5H3;/q-1;/i3D3,4D3,5D3,36D;. The van der Waals surface area contributed by atoms with Crippen molar-refractivity contribution in [2.24, 2.45) is 0 Å². The van der Waals surface area contributed by atoms with Crippen molar-refractivity contribution in [1.29, 1.82) is 0 Å². The van der Waals surface area contributed by atoms with Gasteiger partial charge in [0.1, 0.15) is 11.6 Å². The SMILES string of the molecule is [2H]C(C)(C)c1cc(-n2c(-c3ccccc3O)nc3c(-c4[c-]c(-c5cc(-c6ccc(C(C([2H])([2H])[2H])(C([2H])([2H])[2H])C([2H])([2H])[2H])cc6)ccn5)cc(-c5ccccc5)c4)cccc32)ccc1-c1ccccc1.[Pt]. The fourth-order valence-corrected chi connectivity index (χ4v) is 7.70. The van der Waals surface area contributed by atoms with Crippen molar-refractivity contribution in [1.82, 2.24) is 14.5 Å². The Labute approximate surface area is 381 Å². The molecular weight excluding hydrogens is 914 g/mol. The van der Waals surface area contributed by atoms with Gasteiger partial charge in [-0.2, -0.15) is 0 Å². The molecule has 0 saturated carbocycles. The molecule has 60 heavy (non-hydrogen) atoms. The van der Waals surface area contributed by atoms with Crippen LogP contribution in [0.25, 0.3) is 83.9 Å². The van der Waals surface area contributed by atoms with E-state index in [-0.39, 0.29) is 32.4 Å². The number of aromatic hydroxyl groups is 1. The van der Waals surface area contributed by atoms with Gasteiger partial charge in [-0.1, -0.05) is 172 Å². The predicted octanol–water partition coefficient (Wildman–Crippen LogP) is 14.3. The first-order valence-electron chi connectivity index (χ1n) is 24.4. The number of fused-ring (bicyclic) bond motifs is 1. The van der Waals surface area contributed by atoms with E-state index in [9.17, 15) is 6.48 Å². The summed E-state index contributed by atoms with van der Waals surface area (Å²) in [6.07, 6.45) is 1.63. The van der Waals surface area contributed by atoms with Crippen molar-refractivity contribution in [2.45, 2.75) is 45.7 Å². The summed E-state index contributed by atoms with van der Waals surface area (Å²) < 4.78 is 84.8. The molecule has 9 aromatic rings. The molecule has 1 N–H and O–H groups in total. The first-order chi connectivity index (χ1) is 32.7. The van der Waals surface area contributed by atoms with Gasteiger partial charge >= 0.3 is 0 Å². The number of aromatic nitrogens is 3. The third-order valence-corrected chi connectivity index (χ3v) is 10.7. The molecule has 4 nitrogen and oxygen atoms in total. The molecule has 9 rings (SSSR count). The second-order valence-corrected chi connectivity index (χ2v) is 14.9. The van der Waals surface area contributed by atoms with Gasteiger partial charge < -0.3 is 5.11 Å². The summed E-state index contributed by atoms with van der Waals surface area (Å²) in [6.45, 7) is -6.39. The van der Waals surface area contributed by atoms with Crippen molar-refractivity contribution >= 4 is 11.0 Å². The van der Waals surface area contributed by atoms with Crippen LogP contribution < -0.4 is 0 Å². The van der Waals surface area contributed by atoms with Gasteiger partial charge in [-0.25, -0.2) is 4.98 Å². The number of pyridine rings is 1. The molecule has 0 fully saturated rings. The van der Waals surface area contributed by atoms with Gasteiger partial charge in [-0.15, -0.1) is 23.8 Å². The zero-order valence-electron chi connectivity index (χ0n) is 42.8. The molecule has 0 saturated heterocycles. The number of hydrogen-bond acceptors (Lipinski definition) is 3. The smallest absolute Gasteiger partial charge is 0.148 e. The van der Waals surface area contributed by atoms with E-state index in [1.165, 1.54) is 24.3 Å². The molecule has 0 aliphatic heterocycles. The number of phenols is 1. The van der Waals surface area contributed by atoms with Gasteiger partial charge in [-0.05, 0) is 86.7 Å². The Bertz CT molecular complexity index is 3310. The molecule has 2 heterocycles. The third kappa shape index (κ3) is 7.88. The molecule has 0 aliphatic rings. The van der Waals surface area contributed by atoms with E-state index in [0.29, 0.717) is 44.9 Å². The first-order valence-corrected chi connectivity index (χ1v) is 19.4. The van der Waals surface area contributed by atoms with Crippen LogP contribution in [0.2, 0.25) is 0 Å². The Morgan fingerprint density at radius 1 is 0.617 bits per heavy atom. The summed E-state index contributed by atoms with van der Waals surface area (Å²) in [5.41, 5.74) is 7.74. The van der Waals surface area contributed by atoms with E-state index in [4.69, 9.17) is 22.3 Å². The van der Waals surface area contributed by atoms with Gasteiger partial charge in [0.25, 0.3) is 0 Å². The molecule has 0 atom stereocenters. The molecule has 0 radical (unpaired) electrons. The third-order valence-electron chi connectivity index (χ3n) is 10.7. The average Bonchev–Trinajstić information content (AvgIpc) is 3.70. The molecule has 2 aromatic heterocycles. The number of rotatable bonds is 8. The Balaban J connectivity index is 0.00000659. The van der Waals surface area contributed by atoms with Crippen molar-refractivity contribution < 1.29 is 39.9 Å². The average molecular weight is 970 g/mol. The van der Waals surface area contributed by atoms with Crippen molar-refractivity contribution in [3.8, 4) is 78.6 Å². The number of hydrogen-bond donors (Lipinski definition) is 1. The van der Waals surface area contributed by atoms with E-state index in [1.54, 1.807) is 24.4 Å². The molecule has 5 heteroatoms. The van der Waals surface area contributed by atoms with Crippen LogP contribution in [0.4, 0.5) is 0 Å². The topological polar surface area (TPSA) is 50.9 Å². The van der Waals surface area contributed by atoms with E-state index in [1.807, 2.05) is 140 Å². The molecule has 0 bridgehead atoms. The minimum atomic E-state index is -3.38. The summed E-state index contributed by atoms with van der Waals surface area (Å²) in [5, 5.41) is 11.3. The Hall–Kier alpha value is -6.35. The molecule has 7 aromatic carbocycles. The van der Waals surface area contributed by atoms with Crippen LogP contribution in [0.5, 0.6) is 5.75 Å². The molecule has 0 aliphatic carbocycles. The zero-order chi connectivity index (χ0) is 49.1. The second-order valence-electron chi connectivity index (χ2n) is 14.9. The van der Waals surface area contributed by atoms with Crippen LogP contribution in [0.15, 0.2) is 176 Å². The van der Waals surface area contributed by atoms with Gasteiger partial charge in [-0.3, -0.25) is 9.55 Å². The monoisotopic (exact) mass is 969 g/mol. The number of benzene rings is 7. The first kappa shape index (κ1) is 29.8. The number of para-hydroxylation sites is 2. The van der Waals surface area contributed by atoms with Crippen LogP contribution in [-0.4, -0.2) is 19.6 Å². The molecule has 0 spiro atoms. The van der Waals surface area contributed by atoms with Crippen molar-refractivity contribution in [3.63, 3.8) is 0 Å². The van der Waals surface area contributed by atoms with Crippen LogP contribution >= 0.6 is 0 Å². The van der Waals surface area contributed by atoms with Gasteiger partial charge in [0, 0.05) is 52.4 Å². The van der Waals surface area contributed by atoms with Crippen LogP contribution in [0.1, 0.15) is 65.1 Å². The molecule has 0 amide bonds. The van der Waals surface area contributed by atoms with Crippen LogP contribution in [0, 0.1) is 6.07 Å². The van der Waals surface area contributed by atoms with Gasteiger partial charge in [0.05, 0.1) is 16.6 Å². The normalized spacial score (nSPS) is 14.8. The maximum atomic E-state index is 11.3.